The Morgan fingerprint density at radius 3 is 1.93 bits per heavy atom. The summed E-state index contributed by atoms with van der Waals surface area (Å²) in [5, 5.41) is 12.9. The minimum Gasteiger partial charge on any atom is -0.481 e. The Balaban J connectivity index is 1.47. The van der Waals surface area contributed by atoms with Crippen LogP contribution in [-0.4, -0.2) is 97.8 Å². The van der Waals surface area contributed by atoms with Crippen LogP contribution in [-0.2, 0) is 62.5 Å². The molecule has 0 radical (unpaired) electrons. The van der Waals surface area contributed by atoms with Gasteiger partial charge >= 0.3 is 5.97 Å². The lowest BCUT2D eigenvalue weighted by Gasteiger charge is -2.28. The maximum atomic E-state index is 12.3. The van der Waals surface area contributed by atoms with Crippen LogP contribution in [0, 0.1) is 0 Å². The third-order valence-electron chi connectivity index (χ3n) is 12.7. The molecule has 6 rings (SSSR count). The Bertz CT molecular complexity index is 3100. The molecular formula is C47H58N3O14S4+. The van der Waals surface area contributed by atoms with E-state index in [1.807, 2.05) is 85.7 Å². The SMILES string of the molecule is CC1(C)C(/C=C/C2=C(Nc3ccc(CCC(=O)O)cc3)C(=C/C=C3/N(CCCCS(=O)(=O)O)c4ccc(S(=O)(=O)O)cc4C3(C)C)/CCC2)=[N+](CCCCS(=O)(=O)O)c2ccc(S(=O)(=O)O)cc21. The summed E-state index contributed by atoms with van der Waals surface area (Å²) in [6, 6.07) is 16.1. The number of nitrogens with zero attached hydrogens (tertiary/aromatic N) is 2. The molecule has 3 aliphatic rings. The maximum Gasteiger partial charge on any atom is 0.303 e. The highest BCUT2D eigenvalue weighted by Crippen LogP contribution is 2.49. The first-order valence-corrected chi connectivity index (χ1v) is 28.1. The first kappa shape index (κ1) is 52.4. The van der Waals surface area contributed by atoms with Gasteiger partial charge in [-0.25, -0.2) is 0 Å². The first-order valence-electron chi connectivity index (χ1n) is 22.0. The van der Waals surface area contributed by atoms with Crippen LogP contribution in [0.5, 0.6) is 0 Å². The number of benzene rings is 3. The summed E-state index contributed by atoms with van der Waals surface area (Å²) in [5.74, 6) is -1.78. The molecule has 368 valence electrons. The van der Waals surface area contributed by atoms with Crippen molar-refractivity contribution in [1.82, 2.24) is 0 Å². The van der Waals surface area contributed by atoms with Gasteiger partial charge in [0.15, 0.2) is 5.71 Å². The van der Waals surface area contributed by atoms with Crippen molar-refractivity contribution in [2.75, 3.05) is 34.8 Å². The maximum absolute atomic E-state index is 12.3. The predicted octanol–water partition coefficient (Wildman–Crippen LogP) is 7.62. The van der Waals surface area contributed by atoms with E-state index in [-0.39, 0.29) is 29.1 Å². The third kappa shape index (κ3) is 12.6. The highest BCUT2D eigenvalue weighted by molar-refractivity contribution is 7.86. The lowest BCUT2D eigenvalue weighted by atomic mass is 9.81. The summed E-state index contributed by atoms with van der Waals surface area (Å²) in [4.78, 5) is 12.7. The van der Waals surface area contributed by atoms with E-state index in [1.165, 1.54) is 24.3 Å². The fraction of sp³-hybridized carbons (Fsp3) is 0.404. The van der Waals surface area contributed by atoms with Crippen LogP contribution >= 0.6 is 0 Å². The van der Waals surface area contributed by atoms with E-state index in [0.717, 1.165) is 45.9 Å². The number of aryl methyl sites for hydroxylation is 1. The largest absolute Gasteiger partial charge is 0.481 e. The molecule has 2 heterocycles. The molecule has 0 spiro atoms. The minimum absolute atomic E-state index is 0.0307. The van der Waals surface area contributed by atoms with E-state index in [1.54, 1.807) is 12.1 Å². The van der Waals surface area contributed by atoms with Gasteiger partial charge in [-0.2, -0.15) is 38.2 Å². The number of carbonyl (C=O) groups is 1. The lowest BCUT2D eigenvalue weighted by molar-refractivity contribution is -0.438. The molecule has 0 bridgehead atoms. The molecule has 3 aromatic carbocycles. The average Bonchev–Trinajstić information content (AvgIpc) is 3.58. The molecule has 0 saturated carbocycles. The van der Waals surface area contributed by atoms with Gasteiger partial charge in [0.05, 0.1) is 26.7 Å². The summed E-state index contributed by atoms with van der Waals surface area (Å²) in [5.41, 5.74) is 6.62. The Labute approximate surface area is 398 Å². The monoisotopic (exact) mass is 1020 g/mol. The Hall–Kier alpha value is -5.00. The number of hydrogen-bond donors (Lipinski definition) is 6. The number of unbranched alkanes of at least 4 members (excludes halogenated alkanes) is 2. The molecule has 17 nitrogen and oxygen atoms in total. The highest BCUT2D eigenvalue weighted by Gasteiger charge is 2.45. The Kier molecular flexibility index (Phi) is 15.5. The van der Waals surface area contributed by atoms with Crippen LogP contribution in [0.4, 0.5) is 17.1 Å². The molecule has 6 N–H and O–H groups in total. The molecular weight excluding hydrogens is 959 g/mol. The third-order valence-corrected chi connectivity index (χ3v) is 16.0. The van der Waals surface area contributed by atoms with Gasteiger partial charge in [-0.05, 0) is 130 Å². The fourth-order valence-electron chi connectivity index (χ4n) is 9.15. The average molecular weight is 1020 g/mol. The van der Waals surface area contributed by atoms with Gasteiger partial charge in [-0.1, -0.05) is 38.1 Å². The number of carboxylic acids is 1. The van der Waals surface area contributed by atoms with Gasteiger partial charge < -0.3 is 15.3 Å². The molecule has 68 heavy (non-hydrogen) atoms. The molecule has 1 aliphatic carbocycles. The van der Waals surface area contributed by atoms with Crippen LogP contribution in [0.3, 0.4) is 0 Å². The Morgan fingerprint density at radius 2 is 1.32 bits per heavy atom. The van der Waals surface area contributed by atoms with Crippen molar-refractivity contribution >= 4 is 69.2 Å². The fourth-order valence-corrected chi connectivity index (χ4v) is 11.3. The van der Waals surface area contributed by atoms with E-state index >= 15 is 0 Å². The van der Waals surface area contributed by atoms with Gasteiger partial charge in [0.2, 0.25) is 5.69 Å². The number of hydrogen-bond acceptors (Lipinski definition) is 11. The second kappa shape index (κ2) is 20.2. The molecule has 0 unspecified atom stereocenters. The van der Waals surface area contributed by atoms with Crippen molar-refractivity contribution in [3.05, 3.63) is 124 Å². The van der Waals surface area contributed by atoms with Crippen LogP contribution in [0.25, 0.3) is 0 Å². The normalized spacial score (nSPS) is 18.5. The zero-order valence-electron chi connectivity index (χ0n) is 38.2. The Morgan fingerprint density at radius 1 is 0.721 bits per heavy atom. The summed E-state index contributed by atoms with van der Waals surface area (Å²) < 4.78 is 136. The van der Waals surface area contributed by atoms with Crippen LogP contribution in [0.15, 0.2) is 117 Å². The summed E-state index contributed by atoms with van der Waals surface area (Å²) in [6.45, 7) is 8.33. The second-order valence-corrected chi connectivity index (χ2v) is 24.3. The van der Waals surface area contributed by atoms with E-state index in [9.17, 15) is 61.8 Å². The topological polar surface area (TPSA) is 273 Å². The molecule has 0 saturated heterocycles. The van der Waals surface area contributed by atoms with E-state index in [4.69, 9.17) is 0 Å². The van der Waals surface area contributed by atoms with Crippen molar-refractivity contribution in [3.63, 3.8) is 0 Å². The molecule has 21 heteroatoms. The number of allylic oxidation sites excluding steroid dienone is 7. The summed E-state index contributed by atoms with van der Waals surface area (Å²) >= 11 is 0. The quantitative estimate of drug-likeness (QED) is 0.0361. The molecule has 3 aromatic rings. The number of fused-ring (bicyclic) bond motifs is 2. The second-order valence-electron chi connectivity index (χ2n) is 18.3. The molecule has 2 aliphatic heterocycles. The van der Waals surface area contributed by atoms with E-state index < -0.39 is 68.8 Å². The molecule has 0 aromatic heterocycles. The van der Waals surface area contributed by atoms with Gasteiger partial charge in [-0.3, -0.25) is 23.0 Å². The van der Waals surface area contributed by atoms with Crippen molar-refractivity contribution in [1.29, 1.82) is 0 Å². The van der Waals surface area contributed by atoms with Crippen molar-refractivity contribution < 1.29 is 66.4 Å². The van der Waals surface area contributed by atoms with Crippen molar-refractivity contribution in [2.24, 2.45) is 0 Å². The highest BCUT2D eigenvalue weighted by atomic mass is 32.2. The van der Waals surface area contributed by atoms with Gasteiger partial charge in [0, 0.05) is 65.3 Å². The number of aliphatic carboxylic acids is 1. The standard InChI is InChI=1S/C47H57N3O14S4/c1-46(2)38-30-36(67(59,60)61)19-21-40(38)49(26-5-7-28-65(53,54)55)42(46)23-15-33-10-9-11-34(45(33)48-35-17-12-32(13-18-35)14-25-44(51)52)16-24-43-47(3,4)39-31-37(68(62,63)64)20-22-41(39)50(43)27-6-8-29-66(56,57)58/h12-13,15-24,30-31H,5-11,14,25-29H2,1-4H3,(H5,51,52,53,54,55,56,57,58,59,60,61,62,63,64)/p+1/b33-15+,42-23+. The molecule has 0 atom stereocenters. The first-order chi connectivity index (χ1) is 31.6. The zero-order valence-corrected chi connectivity index (χ0v) is 41.5. The number of nitrogens with one attached hydrogen (secondary N) is 1. The van der Waals surface area contributed by atoms with Gasteiger partial charge in [0.1, 0.15) is 6.54 Å². The van der Waals surface area contributed by atoms with Crippen LogP contribution < -0.4 is 10.2 Å². The summed E-state index contributed by atoms with van der Waals surface area (Å²) in [7, 11) is -17.5. The van der Waals surface area contributed by atoms with Crippen LogP contribution in [0.2, 0.25) is 0 Å². The van der Waals surface area contributed by atoms with Gasteiger partial charge in [0.25, 0.3) is 40.5 Å². The lowest BCUT2D eigenvalue weighted by Crippen LogP contribution is -2.28. The smallest absolute Gasteiger partial charge is 0.303 e. The number of carboxylic acid groups (broad SMARTS) is 1. The predicted molar refractivity (Wildman–Crippen MR) is 259 cm³/mol. The van der Waals surface area contributed by atoms with Gasteiger partial charge in [-0.15, -0.1) is 0 Å². The number of rotatable bonds is 20. The van der Waals surface area contributed by atoms with Crippen LogP contribution in [0.1, 0.15) is 95.8 Å². The number of anilines is 2. The van der Waals surface area contributed by atoms with Crippen molar-refractivity contribution in [2.45, 2.75) is 106 Å². The minimum atomic E-state index is -4.55. The van der Waals surface area contributed by atoms with E-state index in [0.29, 0.717) is 67.7 Å². The van der Waals surface area contributed by atoms with Crippen molar-refractivity contribution in [3.8, 4) is 0 Å². The molecule has 0 fully saturated rings. The molecule has 0 amide bonds. The summed E-state index contributed by atoms with van der Waals surface area (Å²) in [6.07, 6.45) is 11.2. The zero-order chi connectivity index (χ0) is 50.0. The van der Waals surface area contributed by atoms with E-state index in [2.05, 4.69) is 5.32 Å².